The van der Waals surface area contributed by atoms with E-state index in [1.54, 1.807) is 72.8 Å². The number of ether oxygens (including phenoxy) is 2. The highest BCUT2D eigenvalue weighted by molar-refractivity contribution is 7.85. The van der Waals surface area contributed by atoms with Crippen LogP contribution >= 0.6 is 0 Å². The average molecular weight is 558 g/mol. The van der Waals surface area contributed by atoms with Crippen molar-refractivity contribution in [1.29, 1.82) is 0 Å². The summed E-state index contributed by atoms with van der Waals surface area (Å²) in [6.45, 7) is 8.07. The number of esters is 2. The van der Waals surface area contributed by atoms with Crippen molar-refractivity contribution in [3.05, 3.63) is 95.6 Å². The summed E-state index contributed by atoms with van der Waals surface area (Å²) in [4.78, 5) is 25.4. The van der Waals surface area contributed by atoms with Gasteiger partial charge in [0.15, 0.2) is 11.5 Å². The van der Waals surface area contributed by atoms with Crippen LogP contribution < -0.4 is 14.8 Å². The molecule has 2 atom stereocenters. The van der Waals surface area contributed by atoms with Crippen LogP contribution in [0.3, 0.4) is 0 Å². The number of rotatable bonds is 8. The van der Waals surface area contributed by atoms with E-state index in [0.29, 0.717) is 29.4 Å². The van der Waals surface area contributed by atoms with Gasteiger partial charge in [-0.15, -0.1) is 0 Å². The van der Waals surface area contributed by atoms with Crippen LogP contribution in [0.15, 0.2) is 78.9 Å². The Kier molecular flexibility index (Phi) is 11.4. The van der Waals surface area contributed by atoms with Crippen molar-refractivity contribution in [2.24, 2.45) is 0 Å². The molecule has 10 heteroatoms. The average Bonchev–Trinajstić information content (AvgIpc) is 2.87. The van der Waals surface area contributed by atoms with Crippen LogP contribution in [-0.4, -0.2) is 47.9 Å². The fraction of sp³-hybridized carbons (Fsp3) is 0.310. The van der Waals surface area contributed by atoms with Gasteiger partial charge in [-0.2, -0.15) is 8.42 Å². The fourth-order valence-corrected chi connectivity index (χ4v) is 3.53. The molecule has 3 aromatic carbocycles. The van der Waals surface area contributed by atoms with Gasteiger partial charge in [0.05, 0.1) is 23.5 Å². The quantitative estimate of drug-likeness (QED) is 0.202. The van der Waals surface area contributed by atoms with E-state index in [1.807, 2.05) is 27.7 Å². The van der Waals surface area contributed by atoms with Gasteiger partial charge in [-0.3, -0.25) is 4.55 Å². The highest BCUT2D eigenvalue weighted by Gasteiger charge is 2.26. The van der Waals surface area contributed by atoms with Crippen molar-refractivity contribution in [2.75, 3.05) is 6.26 Å². The molecule has 3 aromatic rings. The standard InChI is InChI=1S/C28H31NO5.CH4O3S/c1-5-22(29-28(2,3)4)25(30)21-16-17-23(33-26(31)19-12-8-6-9-13-19)24(18-21)34-27(32)20-14-10-7-11-15-20;1-5(2,3)4/h6-18,22,25,29-30H,5H2,1-4H3;1H3,(H,2,3,4). The van der Waals surface area contributed by atoms with Crippen LogP contribution in [-0.2, 0) is 10.1 Å². The summed E-state index contributed by atoms with van der Waals surface area (Å²) in [5, 5.41) is 14.5. The highest BCUT2D eigenvalue weighted by atomic mass is 32.2. The lowest BCUT2D eigenvalue weighted by atomic mass is 9.96. The lowest BCUT2D eigenvalue weighted by Gasteiger charge is -2.31. The Bertz CT molecular complexity index is 1330. The topological polar surface area (TPSA) is 139 Å². The third-order valence-electron chi connectivity index (χ3n) is 5.17. The molecule has 0 aromatic heterocycles. The van der Waals surface area contributed by atoms with Gasteiger partial charge < -0.3 is 19.9 Å². The van der Waals surface area contributed by atoms with Crippen LogP contribution in [0.2, 0.25) is 0 Å². The lowest BCUT2D eigenvalue weighted by Crippen LogP contribution is -2.46. The Hall–Kier alpha value is -3.57. The minimum Gasteiger partial charge on any atom is -0.419 e. The maximum atomic E-state index is 12.7. The second kappa shape index (κ2) is 14.0. The minimum absolute atomic E-state index is 0.0558. The smallest absolute Gasteiger partial charge is 0.343 e. The van der Waals surface area contributed by atoms with Gasteiger partial charge in [0.2, 0.25) is 0 Å². The predicted octanol–water partition coefficient (Wildman–Crippen LogP) is 4.83. The van der Waals surface area contributed by atoms with E-state index in [4.69, 9.17) is 14.0 Å². The molecule has 0 radical (unpaired) electrons. The van der Waals surface area contributed by atoms with E-state index in [1.165, 1.54) is 6.07 Å². The summed E-state index contributed by atoms with van der Waals surface area (Å²) in [5.41, 5.74) is 1.07. The van der Waals surface area contributed by atoms with E-state index in [2.05, 4.69) is 5.32 Å². The first-order chi connectivity index (χ1) is 18.2. The second-order valence-corrected chi connectivity index (χ2v) is 11.3. The summed E-state index contributed by atoms with van der Waals surface area (Å²) in [6, 6.07) is 21.6. The van der Waals surface area contributed by atoms with Crippen molar-refractivity contribution >= 4 is 22.1 Å². The molecule has 2 unspecified atom stereocenters. The van der Waals surface area contributed by atoms with Crippen molar-refractivity contribution < 1.29 is 37.1 Å². The zero-order valence-corrected chi connectivity index (χ0v) is 23.4. The van der Waals surface area contributed by atoms with E-state index in [-0.39, 0.29) is 23.1 Å². The zero-order chi connectivity index (χ0) is 29.2. The SMILES string of the molecule is CCC(NC(C)(C)C)C(O)c1ccc(OC(=O)c2ccccc2)c(OC(=O)c2ccccc2)c1.CS(=O)(=O)O. The van der Waals surface area contributed by atoms with Gasteiger partial charge in [0, 0.05) is 11.6 Å². The molecule has 39 heavy (non-hydrogen) atoms. The molecule has 0 saturated heterocycles. The molecule has 0 spiro atoms. The number of carbonyl (C=O) groups excluding carboxylic acids is 2. The van der Waals surface area contributed by atoms with Crippen LogP contribution in [0.4, 0.5) is 0 Å². The molecule has 0 heterocycles. The molecule has 0 aliphatic rings. The van der Waals surface area contributed by atoms with Gasteiger partial charge in [-0.1, -0.05) is 49.4 Å². The largest absolute Gasteiger partial charge is 0.419 e. The molecule has 210 valence electrons. The second-order valence-electron chi connectivity index (χ2n) is 9.80. The van der Waals surface area contributed by atoms with Gasteiger partial charge >= 0.3 is 11.9 Å². The van der Waals surface area contributed by atoms with E-state index >= 15 is 0 Å². The number of aliphatic hydroxyl groups excluding tert-OH is 1. The van der Waals surface area contributed by atoms with Crippen molar-refractivity contribution in [1.82, 2.24) is 5.32 Å². The Balaban J connectivity index is 0.000000976. The molecule has 0 fully saturated rings. The van der Waals surface area contributed by atoms with Gasteiger partial charge in [0.1, 0.15) is 0 Å². The van der Waals surface area contributed by atoms with Crippen molar-refractivity contribution in [3.8, 4) is 11.5 Å². The van der Waals surface area contributed by atoms with Crippen molar-refractivity contribution in [3.63, 3.8) is 0 Å². The lowest BCUT2D eigenvalue weighted by molar-refractivity contribution is 0.0680. The summed E-state index contributed by atoms with van der Waals surface area (Å²) in [6.07, 6.45) is 0.535. The van der Waals surface area contributed by atoms with Crippen LogP contribution in [0, 0.1) is 0 Å². The Labute approximate surface area is 229 Å². The molecule has 0 aliphatic carbocycles. The van der Waals surface area contributed by atoms with E-state index in [0.717, 1.165) is 0 Å². The molecule has 0 bridgehead atoms. The third-order valence-corrected chi connectivity index (χ3v) is 5.17. The van der Waals surface area contributed by atoms with E-state index in [9.17, 15) is 23.1 Å². The van der Waals surface area contributed by atoms with E-state index < -0.39 is 28.2 Å². The maximum Gasteiger partial charge on any atom is 0.343 e. The number of nitrogens with one attached hydrogen (secondary N) is 1. The minimum atomic E-state index is -3.67. The molecule has 0 saturated carbocycles. The molecular weight excluding hydrogens is 522 g/mol. The highest BCUT2D eigenvalue weighted by Crippen LogP contribution is 2.33. The molecule has 0 amide bonds. The molecular formula is C29H35NO8S. The number of benzene rings is 3. The van der Waals surface area contributed by atoms with Gasteiger partial charge in [0.25, 0.3) is 10.1 Å². The molecule has 3 N–H and O–H groups in total. The summed E-state index contributed by atoms with van der Waals surface area (Å²) < 4.78 is 37.1. The number of hydrogen-bond donors (Lipinski definition) is 3. The maximum absolute atomic E-state index is 12.7. The van der Waals surface area contributed by atoms with Gasteiger partial charge in [-0.25, -0.2) is 9.59 Å². The fourth-order valence-electron chi connectivity index (χ4n) is 3.53. The summed E-state index contributed by atoms with van der Waals surface area (Å²) >= 11 is 0. The first-order valence-corrected chi connectivity index (χ1v) is 14.1. The third kappa shape index (κ3) is 11.4. The Morgan fingerprint density at radius 1 is 0.846 bits per heavy atom. The predicted molar refractivity (Wildman–Crippen MR) is 149 cm³/mol. The first kappa shape index (κ1) is 31.6. The van der Waals surface area contributed by atoms with Crippen LogP contribution in [0.25, 0.3) is 0 Å². The monoisotopic (exact) mass is 557 g/mol. The van der Waals surface area contributed by atoms with Crippen LogP contribution in [0.1, 0.15) is 66.5 Å². The zero-order valence-electron chi connectivity index (χ0n) is 22.6. The molecule has 9 nitrogen and oxygen atoms in total. The summed E-state index contributed by atoms with van der Waals surface area (Å²) in [7, 11) is -3.67. The number of hydrogen-bond acceptors (Lipinski definition) is 8. The normalized spacial score (nSPS) is 12.9. The number of aliphatic hydroxyl groups is 1. The van der Waals surface area contributed by atoms with Crippen LogP contribution in [0.5, 0.6) is 11.5 Å². The van der Waals surface area contributed by atoms with Crippen molar-refractivity contribution in [2.45, 2.75) is 51.8 Å². The Morgan fingerprint density at radius 2 is 1.28 bits per heavy atom. The molecule has 0 aliphatic heterocycles. The van der Waals surface area contributed by atoms with Gasteiger partial charge in [-0.05, 0) is 69.2 Å². The Morgan fingerprint density at radius 3 is 1.69 bits per heavy atom. The first-order valence-electron chi connectivity index (χ1n) is 12.2. The summed E-state index contributed by atoms with van der Waals surface area (Å²) in [5.74, 6) is -1.03. The molecule has 3 rings (SSSR count). The number of carbonyl (C=O) groups is 2.